The van der Waals surface area contributed by atoms with Crippen LogP contribution in [0.1, 0.15) is 0 Å². The fourth-order valence-electron chi connectivity index (χ4n) is 1.27. The van der Waals surface area contributed by atoms with E-state index in [4.69, 9.17) is 16.7 Å². The molecule has 12 heavy (non-hydrogen) atoms. The Labute approximate surface area is 82.6 Å². The molecular weight excluding hydrogens is 194 g/mol. The zero-order valence-electron chi connectivity index (χ0n) is 6.95. The highest BCUT2D eigenvalue weighted by Crippen LogP contribution is 2.15. The summed E-state index contributed by atoms with van der Waals surface area (Å²) in [7, 11) is 0. The van der Waals surface area contributed by atoms with Gasteiger partial charge in [-0.1, -0.05) is 17.7 Å². The number of rotatable bonds is 3. The summed E-state index contributed by atoms with van der Waals surface area (Å²) < 4.78 is 0. The summed E-state index contributed by atoms with van der Waals surface area (Å²) in [5.74, 6) is 2.19. The summed E-state index contributed by atoms with van der Waals surface area (Å²) >= 11 is 7.34. The van der Waals surface area contributed by atoms with Crippen LogP contribution in [0.25, 0.3) is 0 Å². The molecule has 4 heteroatoms. The summed E-state index contributed by atoms with van der Waals surface area (Å²) in [6, 6.07) is 0.316. The van der Waals surface area contributed by atoms with Gasteiger partial charge in [-0.2, -0.15) is 11.8 Å². The van der Waals surface area contributed by atoms with Crippen LogP contribution in [0.2, 0.25) is 0 Å². The van der Waals surface area contributed by atoms with Crippen molar-refractivity contribution in [2.24, 2.45) is 0 Å². The van der Waals surface area contributed by atoms with E-state index in [1.165, 1.54) is 5.54 Å². The highest BCUT2D eigenvalue weighted by atomic mass is 35.5. The fraction of sp³-hybridized carbons (Fsp3) is 0.750. The van der Waals surface area contributed by atoms with Crippen LogP contribution in [0, 0.1) is 0 Å². The summed E-state index contributed by atoms with van der Waals surface area (Å²) in [4.78, 5) is 2.26. The Morgan fingerprint density at radius 3 is 3.17 bits per heavy atom. The number of thioether (sulfide) groups is 1. The summed E-state index contributed by atoms with van der Waals surface area (Å²) in [6.07, 6.45) is 1.92. The first-order valence-corrected chi connectivity index (χ1v) is 5.65. The van der Waals surface area contributed by atoms with Crippen molar-refractivity contribution >= 4 is 23.4 Å². The van der Waals surface area contributed by atoms with Gasteiger partial charge in [0.25, 0.3) is 0 Å². The van der Waals surface area contributed by atoms with E-state index in [1.54, 1.807) is 0 Å². The second-order valence-electron chi connectivity index (χ2n) is 2.77. The summed E-state index contributed by atoms with van der Waals surface area (Å²) in [6.45, 7) is 2.16. The molecule has 1 heterocycles. The number of halogens is 1. The normalized spacial score (nSPS) is 26.7. The van der Waals surface area contributed by atoms with Crippen LogP contribution in [0.15, 0.2) is 11.6 Å². The van der Waals surface area contributed by atoms with Crippen molar-refractivity contribution in [3.8, 4) is 0 Å². The number of hydrogen-bond acceptors (Lipinski definition) is 3. The molecule has 1 aliphatic rings. The van der Waals surface area contributed by atoms with E-state index < -0.39 is 0 Å². The summed E-state index contributed by atoms with van der Waals surface area (Å²) in [5, 5.41) is 9.05. The molecule has 0 spiro atoms. The monoisotopic (exact) mass is 207 g/mol. The Hall–Kier alpha value is 0.300. The molecule has 2 nitrogen and oxygen atoms in total. The highest BCUT2D eigenvalue weighted by Gasteiger charge is 2.20. The molecule has 1 rings (SSSR count). The SMILES string of the molecule is OCC1CSCCN1C/C=C/Cl. The average Bonchev–Trinajstić information content (AvgIpc) is 2.15. The largest absolute Gasteiger partial charge is 0.395 e. The second kappa shape index (κ2) is 5.86. The van der Waals surface area contributed by atoms with E-state index in [9.17, 15) is 0 Å². The standard InChI is InChI=1S/C8H14ClNOS/c9-2-1-3-10-4-5-12-7-8(10)6-11/h1-2,8,11H,3-7H2/b2-1+. The van der Waals surface area contributed by atoms with Crippen molar-refractivity contribution in [2.45, 2.75) is 6.04 Å². The van der Waals surface area contributed by atoms with Gasteiger partial charge in [0.1, 0.15) is 0 Å². The minimum absolute atomic E-state index is 0.253. The van der Waals surface area contributed by atoms with E-state index in [0.717, 1.165) is 24.6 Å². The molecule has 1 N–H and O–H groups in total. The first-order chi connectivity index (χ1) is 5.88. The van der Waals surface area contributed by atoms with Crippen molar-refractivity contribution in [2.75, 3.05) is 31.2 Å². The van der Waals surface area contributed by atoms with Crippen LogP contribution in [0.3, 0.4) is 0 Å². The first kappa shape index (κ1) is 10.4. The van der Waals surface area contributed by atoms with Gasteiger partial charge < -0.3 is 5.11 Å². The molecule has 0 aromatic heterocycles. The molecule has 1 unspecified atom stereocenters. The lowest BCUT2D eigenvalue weighted by Crippen LogP contribution is -2.44. The van der Waals surface area contributed by atoms with Gasteiger partial charge in [-0.05, 0) is 0 Å². The quantitative estimate of drug-likeness (QED) is 0.751. The van der Waals surface area contributed by atoms with Crippen LogP contribution in [0.4, 0.5) is 0 Å². The van der Waals surface area contributed by atoms with Gasteiger partial charge in [-0.15, -0.1) is 0 Å². The lowest BCUT2D eigenvalue weighted by atomic mass is 10.3. The van der Waals surface area contributed by atoms with Crippen molar-refractivity contribution in [1.29, 1.82) is 0 Å². The maximum Gasteiger partial charge on any atom is 0.0595 e. The maximum absolute atomic E-state index is 9.05. The molecule has 70 valence electrons. The van der Waals surface area contributed by atoms with Gasteiger partial charge in [0, 0.05) is 36.2 Å². The smallest absolute Gasteiger partial charge is 0.0595 e. The van der Waals surface area contributed by atoms with E-state index in [2.05, 4.69) is 4.90 Å². The lowest BCUT2D eigenvalue weighted by molar-refractivity contribution is 0.151. The Morgan fingerprint density at radius 1 is 1.67 bits per heavy atom. The molecule has 1 saturated heterocycles. The van der Waals surface area contributed by atoms with Crippen LogP contribution < -0.4 is 0 Å². The van der Waals surface area contributed by atoms with Crippen LogP contribution in [-0.4, -0.2) is 47.3 Å². The zero-order chi connectivity index (χ0) is 8.81. The lowest BCUT2D eigenvalue weighted by Gasteiger charge is -2.33. The van der Waals surface area contributed by atoms with Crippen molar-refractivity contribution in [1.82, 2.24) is 4.90 Å². The van der Waals surface area contributed by atoms with E-state index in [-0.39, 0.29) is 6.61 Å². The zero-order valence-corrected chi connectivity index (χ0v) is 8.52. The van der Waals surface area contributed by atoms with Gasteiger partial charge in [-0.3, -0.25) is 4.90 Å². The van der Waals surface area contributed by atoms with Gasteiger partial charge in [0.2, 0.25) is 0 Å². The molecule has 0 amide bonds. The van der Waals surface area contributed by atoms with E-state index in [1.807, 2.05) is 17.8 Å². The number of aliphatic hydroxyl groups excluding tert-OH is 1. The predicted octanol–water partition coefficient (Wildman–Crippen LogP) is 1.15. The van der Waals surface area contributed by atoms with E-state index >= 15 is 0 Å². The average molecular weight is 208 g/mol. The minimum atomic E-state index is 0.253. The molecule has 0 radical (unpaired) electrons. The van der Waals surface area contributed by atoms with Gasteiger partial charge in [0.15, 0.2) is 0 Å². The third kappa shape index (κ3) is 2.98. The molecular formula is C8H14ClNOS. The minimum Gasteiger partial charge on any atom is -0.395 e. The Morgan fingerprint density at radius 2 is 2.50 bits per heavy atom. The van der Waals surface area contributed by atoms with Crippen LogP contribution in [0.5, 0.6) is 0 Å². The van der Waals surface area contributed by atoms with Crippen molar-refractivity contribution < 1.29 is 5.11 Å². The Kier molecular flexibility index (Phi) is 5.07. The topological polar surface area (TPSA) is 23.5 Å². The maximum atomic E-state index is 9.05. The van der Waals surface area contributed by atoms with E-state index in [0.29, 0.717) is 6.04 Å². The van der Waals surface area contributed by atoms with Crippen LogP contribution >= 0.6 is 23.4 Å². The predicted molar refractivity (Wildman–Crippen MR) is 54.8 cm³/mol. The molecule has 0 saturated carbocycles. The fourth-order valence-corrected chi connectivity index (χ4v) is 2.47. The number of nitrogens with zero attached hydrogens (tertiary/aromatic N) is 1. The Bertz CT molecular complexity index is 154. The van der Waals surface area contributed by atoms with Crippen LogP contribution in [-0.2, 0) is 0 Å². The van der Waals surface area contributed by atoms with Gasteiger partial charge >= 0.3 is 0 Å². The molecule has 0 aromatic rings. The third-order valence-corrected chi connectivity index (χ3v) is 3.26. The van der Waals surface area contributed by atoms with Crippen molar-refractivity contribution in [3.05, 3.63) is 11.6 Å². The highest BCUT2D eigenvalue weighted by molar-refractivity contribution is 7.99. The Balaban J connectivity index is 2.36. The molecule has 0 bridgehead atoms. The van der Waals surface area contributed by atoms with Gasteiger partial charge in [0.05, 0.1) is 6.61 Å². The second-order valence-corrected chi connectivity index (χ2v) is 4.17. The van der Waals surface area contributed by atoms with Gasteiger partial charge in [-0.25, -0.2) is 0 Å². The number of hydrogen-bond donors (Lipinski definition) is 1. The first-order valence-electron chi connectivity index (χ1n) is 4.06. The third-order valence-electron chi connectivity index (χ3n) is 1.99. The molecule has 1 fully saturated rings. The number of aliphatic hydroxyl groups is 1. The molecule has 0 aliphatic carbocycles. The summed E-state index contributed by atoms with van der Waals surface area (Å²) in [5.41, 5.74) is 1.54. The molecule has 0 aromatic carbocycles. The molecule has 1 aliphatic heterocycles. The molecule has 1 atom stereocenters. The van der Waals surface area contributed by atoms with Crippen molar-refractivity contribution in [3.63, 3.8) is 0 Å².